The van der Waals surface area contributed by atoms with Crippen molar-refractivity contribution in [2.75, 3.05) is 26.7 Å². The van der Waals surface area contributed by atoms with E-state index in [-0.39, 0.29) is 12.8 Å². The fourth-order valence-corrected chi connectivity index (χ4v) is 2.55. The van der Waals surface area contributed by atoms with Gasteiger partial charge in [-0.2, -0.15) is 13.2 Å². The molecule has 0 aromatic rings. The van der Waals surface area contributed by atoms with Gasteiger partial charge in [0.25, 0.3) is 0 Å². The van der Waals surface area contributed by atoms with Crippen molar-refractivity contribution in [3.05, 3.63) is 0 Å². The summed E-state index contributed by atoms with van der Waals surface area (Å²) in [4.78, 5) is 2.20. The van der Waals surface area contributed by atoms with Crippen LogP contribution in [0.1, 0.15) is 26.7 Å². The van der Waals surface area contributed by atoms with Gasteiger partial charge in [-0.05, 0) is 38.9 Å². The van der Waals surface area contributed by atoms with Gasteiger partial charge in [0, 0.05) is 12.6 Å². The lowest BCUT2D eigenvalue weighted by atomic mass is 9.93. The Labute approximate surface area is 102 Å². The SMILES string of the molecule is CNCC(C(C)C)N1CCC(C(F)(F)F)CC1. The number of likely N-dealkylation sites (tertiary alicyclic amines) is 1. The molecule has 0 radical (unpaired) electrons. The molecule has 17 heavy (non-hydrogen) atoms. The normalized spacial score (nSPS) is 22.1. The molecule has 5 heteroatoms. The molecule has 0 aromatic carbocycles. The Morgan fingerprint density at radius 2 is 1.76 bits per heavy atom. The van der Waals surface area contributed by atoms with Gasteiger partial charge in [-0.3, -0.25) is 4.90 Å². The highest BCUT2D eigenvalue weighted by Crippen LogP contribution is 2.34. The Hall–Kier alpha value is -0.290. The van der Waals surface area contributed by atoms with Gasteiger partial charge in [-0.15, -0.1) is 0 Å². The van der Waals surface area contributed by atoms with Crippen LogP contribution in [0, 0.1) is 11.8 Å². The lowest BCUT2D eigenvalue weighted by Crippen LogP contribution is -2.49. The third-order valence-electron chi connectivity index (χ3n) is 3.64. The van der Waals surface area contributed by atoms with E-state index in [4.69, 9.17) is 0 Å². The molecule has 0 bridgehead atoms. The van der Waals surface area contributed by atoms with Gasteiger partial charge in [-0.25, -0.2) is 0 Å². The Bertz CT molecular complexity index is 220. The summed E-state index contributed by atoms with van der Waals surface area (Å²) in [7, 11) is 1.89. The zero-order valence-corrected chi connectivity index (χ0v) is 10.8. The van der Waals surface area contributed by atoms with E-state index in [0.29, 0.717) is 25.0 Å². The quantitative estimate of drug-likeness (QED) is 0.827. The first-order valence-electron chi connectivity index (χ1n) is 6.31. The zero-order valence-electron chi connectivity index (χ0n) is 10.8. The molecule has 0 aliphatic carbocycles. The molecule has 1 rings (SSSR count). The van der Waals surface area contributed by atoms with E-state index in [9.17, 15) is 13.2 Å². The van der Waals surface area contributed by atoms with Crippen LogP contribution in [0.15, 0.2) is 0 Å². The molecule has 0 amide bonds. The summed E-state index contributed by atoms with van der Waals surface area (Å²) in [6.07, 6.45) is -3.52. The molecule has 0 saturated carbocycles. The van der Waals surface area contributed by atoms with Crippen molar-refractivity contribution in [2.45, 2.75) is 38.9 Å². The van der Waals surface area contributed by atoms with Crippen molar-refractivity contribution in [3.63, 3.8) is 0 Å². The first kappa shape index (κ1) is 14.8. The minimum absolute atomic E-state index is 0.246. The molecule has 1 fully saturated rings. The average Bonchev–Trinajstić information content (AvgIpc) is 2.24. The van der Waals surface area contributed by atoms with E-state index in [1.165, 1.54) is 0 Å². The molecule has 1 saturated heterocycles. The Morgan fingerprint density at radius 3 is 2.12 bits per heavy atom. The third kappa shape index (κ3) is 4.14. The molecule has 1 unspecified atom stereocenters. The number of likely N-dealkylation sites (N-methyl/N-ethyl adjacent to an activating group) is 1. The Kier molecular flexibility index (Phi) is 5.25. The summed E-state index contributed by atoms with van der Waals surface area (Å²) < 4.78 is 37.6. The second-order valence-corrected chi connectivity index (χ2v) is 5.22. The first-order valence-corrected chi connectivity index (χ1v) is 6.31. The molecule has 2 nitrogen and oxygen atoms in total. The number of hydrogen-bond acceptors (Lipinski definition) is 2. The maximum Gasteiger partial charge on any atom is 0.391 e. The summed E-state index contributed by atoms with van der Waals surface area (Å²) >= 11 is 0. The van der Waals surface area contributed by atoms with Crippen LogP contribution < -0.4 is 5.32 Å². The number of hydrogen-bond donors (Lipinski definition) is 1. The number of nitrogens with one attached hydrogen (secondary N) is 1. The minimum atomic E-state index is -4.01. The summed E-state index contributed by atoms with van der Waals surface area (Å²) in [5.41, 5.74) is 0. The molecule has 1 aliphatic rings. The van der Waals surface area contributed by atoms with Gasteiger partial charge >= 0.3 is 6.18 Å². The average molecular weight is 252 g/mol. The maximum atomic E-state index is 12.5. The van der Waals surface area contributed by atoms with E-state index in [1.54, 1.807) is 0 Å². The van der Waals surface area contributed by atoms with Gasteiger partial charge < -0.3 is 5.32 Å². The zero-order chi connectivity index (χ0) is 13.1. The second-order valence-electron chi connectivity index (χ2n) is 5.22. The molecule has 1 atom stereocenters. The summed E-state index contributed by atoms with van der Waals surface area (Å²) in [5.74, 6) is -0.633. The van der Waals surface area contributed by atoms with Crippen LogP contribution in [-0.2, 0) is 0 Å². The highest BCUT2D eigenvalue weighted by atomic mass is 19.4. The molecule has 0 aromatic heterocycles. The Morgan fingerprint density at radius 1 is 1.24 bits per heavy atom. The van der Waals surface area contributed by atoms with Crippen molar-refractivity contribution in [1.82, 2.24) is 10.2 Å². The number of halogens is 3. The van der Waals surface area contributed by atoms with Gasteiger partial charge in [0.1, 0.15) is 0 Å². The minimum Gasteiger partial charge on any atom is -0.318 e. The van der Waals surface area contributed by atoms with Crippen molar-refractivity contribution in [2.24, 2.45) is 11.8 Å². The van der Waals surface area contributed by atoms with E-state index in [0.717, 1.165) is 6.54 Å². The van der Waals surface area contributed by atoms with E-state index < -0.39 is 12.1 Å². The van der Waals surface area contributed by atoms with Crippen molar-refractivity contribution in [3.8, 4) is 0 Å². The largest absolute Gasteiger partial charge is 0.391 e. The second kappa shape index (κ2) is 6.05. The van der Waals surface area contributed by atoms with Crippen LogP contribution in [0.2, 0.25) is 0 Å². The van der Waals surface area contributed by atoms with Crippen LogP contribution in [0.25, 0.3) is 0 Å². The predicted octanol–water partition coefficient (Wildman–Crippen LogP) is 2.50. The first-order chi connectivity index (χ1) is 7.86. The molecule has 1 aliphatic heterocycles. The number of piperidine rings is 1. The molecular formula is C12H23F3N2. The van der Waals surface area contributed by atoms with Crippen LogP contribution in [0.4, 0.5) is 13.2 Å². The summed E-state index contributed by atoms with van der Waals surface area (Å²) in [6.45, 7) is 6.22. The number of alkyl halides is 3. The van der Waals surface area contributed by atoms with Crippen LogP contribution >= 0.6 is 0 Å². The lowest BCUT2D eigenvalue weighted by Gasteiger charge is -2.39. The van der Waals surface area contributed by atoms with E-state index >= 15 is 0 Å². The van der Waals surface area contributed by atoms with Gasteiger partial charge in [0.05, 0.1) is 5.92 Å². The molecule has 1 N–H and O–H groups in total. The van der Waals surface area contributed by atoms with Gasteiger partial charge in [0.2, 0.25) is 0 Å². The summed E-state index contributed by atoms with van der Waals surface area (Å²) in [6, 6.07) is 0.342. The fourth-order valence-electron chi connectivity index (χ4n) is 2.55. The predicted molar refractivity (Wildman–Crippen MR) is 62.9 cm³/mol. The van der Waals surface area contributed by atoms with Gasteiger partial charge in [-0.1, -0.05) is 13.8 Å². The highest BCUT2D eigenvalue weighted by molar-refractivity contribution is 4.83. The third-order valence-corrected chi connectivity index (χ3v) is 3.64. The fraction of sp³-hybridized carbons (Fsp3) is 1.00. The van der Waals surface area contributed by atoms with Crippen molar-refractivity contribution < 1.29 is 13.2 Å². The van der Waals surface area contributed by atoms with Crippen LogP contribution in [0.3, 0.4) is 0 Å². The Balaban J connectivity index is 2.50. The van der Waals surface area contributed by atoms with Crippen LogP contribution in [-0.4, -0.2) is 43.8 Å². The number of rotatable bonds is 4. The van der Waals surface area contributed by atoms with Gasteiger partial charge in [0.15, 0.2) is 0 Å². The molecule has 102 valence electrons. The van der Waals surface area contributed by atoms with E-state index in [1.807, 2.05) is 7.05 Å². The maximum absolute atomic E-state index is 12.5. The molecule has 0 spiro atoms. The topological polar surface area (TPSA) is 15.3 Å². The molecule has 1 heterocycles. The van der Waals surface area contributed by atoms with E-state index in [2.05, 4.69) is 24.1 Å². The van der Waals surface area contributed by atoms with Crippen LogP contribution in [0.5, 0.6) is 0 Å². The highest BCUT2D eigenvalue weighted by Gasteiger charge is 2.41. The monoisotopic (exact) mass is 252 g/mol. The molecular weight excluding hydrogens is 229 g/mol. The standard InChI is InChI=1S/C12H23F3N2/c1-9(2)11(8-16-3)17-6-4-10(5-7-17)12(13,14)15/h9-11,16H,4-8H2,1-3H3. The lowest BCUT2D eigenvalue weighted by molar-refractivity contribution is -0.186. The summed E-state index contributed by atoms with van der Waals surface area (Å²) in [5, 5.41) is 3.12. The smallest absolute Gasteiger partial charge is 0.318 e. The number of nitrogens with zero attached hydrogens (tertiary/aromatic N) is 1. The van der Waals surface area contributed by atoms with Crippen molar-refractivity contribution in [1.29, 1.82) is 0 Å². The van der Waals surface area contributed by atoms with Crippen molar-refractivity contribution >= 4 is 0 Å².